The van der Waals surface area contributed by atoms with Crippen molar-refractivity contribution >= 4 is 29.2 Å². The average Bonchev–Trinajstić information content (AvgIpc) is 3.08. The summed E-state index contributed by atoms with van der Waals surface area (Å²) in [6.07, 6.45) is 7.01. The van der Waals surface area contributed by atoms with Crippen molar-refractivity contribution in [2.24, 2.45) is 0 Å². The van der Waals surface area contributed by atoms with E-state index in [1.54, 1.807) is 18.2 Å². The minimum Gasteiger partial charge on any atom is -0.486 e. The predicted molar refractivity (Wildman–Crippen MR) is 121 cm³/mol. The van der Waals surface area contributed by atoms with Gasteiger partial charge in [0.2, 0.25) is 5.78 Å². The highest BCUT2D eigenvalue weighted by atomic mass is 35.5. The maximum atomic E-state index is 13.1. The molecule has 2 aromatic heterocycles. The van der Waals surface area contributed by atoms with Crippen LogP contribution in [0.5, 0.6) is 11.5 Å². The highest BCUT2D eigenvalue weighted by Crippen LogP contribution is 2.33. The zero-order valence-electron chi connectivity index (χ0n) is 17.7. The zero-order valence-corrected chi connectivity index (χ0v) is 18.5. The van der Waals surface area contributed by atoms with Gasteiger partial charge >= 0.3 is 0 Å². The molecule has 0 unspecified atom stereocenters. The number of nitrogens with zero attached hydrogens (tertiary/aromatic N) is 2. The molecule has 0 spiro atoms. The van der Waals surface area contributed by atoms with Crippen LogP contribution in [0.1, 0.15) is 53.1 Å². The molecule has 0 amide bonds. The highest BCUT2D eigenvalue weighted by Gasteiger charge is 2.21. The second kappa shape index (κ2) is 9.28. The third-order valence-electron chi connectivity index (χ3n) is 5.94. The Balaban J connectivity index is 0.00000231. The highest BCUT2D eigenvalue weighted by molar-refractivity contribution is 6.09. The van der Waals surface area contributed by atoms with E-state index in [1.807, 2.05) is 19.2 Å². The van der Waals surface area contributed by atoms with E-state index in [9.17, 15) is 4.79 Å². The molecule has 6 nitrogen and oxygen atoms in total. The van der Waals surface area contributed by atoms with Crippen LogP contribution >= 0.6 is 12.4 Å². The van der Waals surface area contributed by atoms with Crippen molar-refractivity contribution in [1.29, 1.82) is 0 Å². The third-order valence-corrected chi connectivity index (χ3v) is 5.94. The fourth-order valence-electron chi connectivity index (χ4n) is 4.30. The van der Waals surface area contributed by atoms with Crippen molar-refractivity contribution < 1.29 is 18.7 Å². The molecule has 2 aliphatic rings. The van der Waals surface area contributed by atoms with Gasteiger partial charge in [0.1, 0.15) is 13.2 Å². The molecule has 0 N–H and O–H groups in total. The number of ether oxygens (including phenoxy) is 2. The van der Waals surface area contributed by atoms with Crippen LogP contribution in [0, 0.1) is 6.92 Å². The summed E-state index contributed by atoms with van der Waals surface area (Å²) in [6, 6.07) is 7.14. The second-order valence-electron chi connectivity index (χ2n) is 8.10. The molecule has 0 radical (unpaired) electrons. The molecule has 0 bridgehead atoms. The topological polar surface area (TPSA) is 64.8 Å². The minimum absolute atomic E-state index is 0. The Morgan fingerprint density at radius 1 is 1.03 bits per heavy atom. The monoisotopic (exact) mass is 442 g/mol. The van der Waals surface area contributed by atoms with Gasteiger partial charge in [0.05, 0.1) is 5.69 Å². The first-order valence-corrected chi connectivity index (χ1v) is 10.7. The lowest BCUT2D eigenvalue weighted by atomic mass is 10.1. The first-order valence-electron chi connectivity index (χ1n) is 10.7. The maximum Gasteiger partial charge on any atom is 0.228 e. The van der Waals surface area contributed by atoms with Gasteiger partial charge in [-0.3, -0.25) is 14.7 Å². The molecule has 0 atom stereocenters. The Bertz CT molecular complexity index is 1090. The molecule has 5 rings (SSSR count). The van der Waals surface area contributed by atoms with Gasteiger partial charge in [-0.2, -0.15) is 0 Å². The van der Waals surface area contributed by atoms with E-state index in [4.69, 9.17) is 13.9 Å². The first-order chi connectivity index (χ1) is 14.7. The van der Waals surface area contributed by atoms with Crippen molar-refractivity contribution in [3.8, 4) is 11.5 Å². The summed E-state index contributed by atoms with van der Waals surface area (Å²) in [5.74, 6) is 1.43. The number of rotatable bonds is 4. The van der Waals surface area contributed by atoms with E-state index >= 15 is 0 Å². The number of carbonyl (C=O) groups excluding carboxylic acids is 1. The Labute approximate surface area is 187 Å². The SMILES string of the molecule is Cc1ncc(CN2CCCCCC2)c2cc(C(=O)c3ccc4c(c3)OCCO4)oc12.Cl. The Morgan fingerprint density at radius 3 is 2.55 bits per heavy atom. The Morgan fingerprint density at radius 2 is 1.77 bits per heavy atom. The van der Waals surface area contributed by atoms with Gasteiger partial charge in [0, 0.05) is 23.7 Å². The molecule has 164 valence electrons. The molecular formula is C24H27ClN2O4. The smallest absolute Gasteiger partial charge is 0.228 e. The van der Waals surface area contributed by atoms with E-state index in [1.165, 1.54) is 25.7 Å². The number of likely N-dealkylation sites (tertiary alicyclic amines) is 1. The van der Waals surface area contributed by atoms with Crippen LogP contribution in [-0.2, 0) is 6.54 Å². The molecule has 7 heteroatoms. The van der Waals surface area contributed by atoms with Crippen LogP contribution in [-0.4, -0.2) is 42.0 Å². The van der Waals surface area contributed by atoms with E-state index in [-0.39, 0.29) is 18.2 Å². The van der Waals surface area contributed by atoms with Crippen molar-refractivity contribution in [3.05, 3.63) is 53.0 Å². The van der Waals surface area contributed by atoms with Crippen LogP contribution < -0.4 is 9.47 Å². The fraction of sp³-hybridized carbons (Fsp3) is 0.417. The van der Waals surface area contributed by atoms with Crippen molar-refractivity contribution in [2.45, 2.75) is 39.2 Å². The molecule has 31 heavy (non-hydrogen) atoms. The van der Waals surface area contributed by atoms with Crippen molar-refractivity contribution in [3.63, 3.8) is 0 Å². The normalized spacial score (nSPS) is 16.5. The number of hydrogen-bond donors (Lipinski definition) is 0. The molecule has 1 fully saturated rings. The summed E-state index contributed by atoms with van der Waals surface area (Å²) in [4.78, 5) is 20.2. The van der Waals surface area contributed by atoms with Gasteiger partial charge < -0.3 is 13.9 Å². The zero-order chi connectivity index (χ0) is 20.5. The Kier molecular flexibility index (Phi) is 6.49. The van der Waals surface area contributed by atoms with E-state index < -0.39 is 0 Å². The number of hydrogen-bond acceptors (Lipinski definition) is 6. The van der Waals surface area contributed by atoms with Crippen molar-refractivity contribution in [1.82, 2.24) is 9.88 Å². The first kappa shape index (κ1) is 21.7. The van der Waals surface area contributed by atoms with Crippen LogP contribution in [0.2, 0.25) is 0 Å². The molecule has 1 saturated heterocycles. The number of halogens is 1. The Hall–Kier alpha value is -2.57. The molecule has 2 aliphatic heterocycles. The van der Waals surface area contributed by atoms with E-state index in [2.05, 4.69) is 9.88 Å². The van der Waals surface area contributed by atoms with Gasteiger partial charge in [-0.25, -0.2) is 0 Å². The summed E-state index contributed by atoms with van der Waals surface area (Å²) in [6.45, 7) is 5.98. The van der Waals surface area contributed by atoms with Crippen molar-refractivity contribution in [2.75, 3.05) is 26.3 Å². The van der Waals surface area contributed by atoms with Gasteiger partial charge in [-0.05, 0) is 62.7 Å². The molecule has 1 aromatic carbocycles. The number of ketones is 1. The lowest BCUT2D eigenvalue weighted by Crippen LogP contribution is -2.24. The van der Waals surface area contributed by atoms with Crippen LogP contribution in [0.3, 0.4) is 0 Å². The number of benzene rings is 1. The number of carbonyl (C=O) groups is 1. The minimum atomic E-state index is -0.164. The number of furan rings is 1. The van der Waals surface area contributed by atoms with E-state index in [0.29, 0.717) is 41.6 Å². The summed E-state index contributed by atoms with van der Waals surface area (Å²) in [5, 5.41) is 0.979. The van der Waals surface area contributed by atoms with Gasteiger partial charge in [-0.1, -0.05) is 12.8 Å². The van der Waals surface area contributed by atoms with Crippen LogP contribution in [0.15, 0.2) is 34.9 Å². The maximum absolute atomic E-state index is 13.1. The van der Waals surface area contributed by atoms with Crippen LogP contribution in [0.25, 0.3) is 11.0 Å². The lowest BCUT2D eigenvalue weighted by Gasteiger charge is -2.20. The summed E-state index contributed by atoms with van der Waals surface area (Å²) in [7, 11) is 0. The lowest BCUT2D eigenvalue weighted by molar-refractivity contribution is 0.101. The third kappa shape index (κ3) is 4.41. The molecule has 0 saturated carbocycles. The molecule has 4 heterocycles. The number of aryl methyl sites for hydroxylation is 1. The number of fused-ring (bicyclic) bond motifs is 2. The number of aromatic nitrogens is 1. The summed E-state index contributed by atoms with van der Waals surface area (Å²) >= 11 is 0. The fourth-order valence-corrected chi connectivity index (χ4v) is 4.30. The van der Waals surface area contributed by atoms with E-state index in [0.717, 1.165) is 36.3 Å². The molecule has 0 aliphatic carbocycles. The summed E-state index contributed by atoms with van der Waals surface area (Å²) < 4.78 is 17.2. The largest absolute Gasteiger partial charge is 0.486 e. The second-order valence-corrected chi connectivity index (χ2v) is 8.10. The summed E-state index contributed by atoms with van der Waals surface area (Å²) in [5.41, 5.74) is 3.13. The molecule has 3 aromatic rings. The predicted octanol–water partition coefficient (Wildman–Crippen LogP) is 4.94. The standard InChI is InChI=1S/C24H26N2O4.ClH/c1-16-24-19(18(14-25-16)15-26-8-4-2-3-5-9-26)13-22(30-24)23(27)17-6-7-20-21(12-17)29-11-10-28-20;/h6-7,12-14H,2-5,8-11,15H2,1H3;1H. The quantitative estimate of drug-likeness (QED) is 0.533. The number of pyridine rings is 1. The van der Waals surface area contributed by atoms with Gasteiger partial charge in [0.25, 0.3) is 0 Å². The van der Waals surface area contributed by atoms with Crippen LogP contribution in [0.4, 0.5) is 0 Å². The average molecular weight is 443 g/mol. The van der Waals surface area contributed by atoms with Gasteiger partial charge in [0.15, 0.2) is 22.8 Å². The van der Waals surface area contributed by atoms with Gasteiger partial charge in [-0.15, -0.1) is 12.4 Å². The molecular weight excluding hydrogens is 416 g/mol.